The lowest BCUT2D eigenvalue weighted by atomic mass is 10.2. The van der Waals surface area contributed by atoms with Crippen molar-refractivity contribution in [2.24, 2.45) is 0 Å². The maximum Gasteiger partial charge on any atom is 0.230 e. The Morgan fingerprint density at radius 3 is 2.72 bits per heavy atom. The molecule has 0 fully saturated rings. The van der Waals surface area contributed by atoms with E-state index in [2.05, 4.69) is 42.7 Å². The third kappa shape index (κ3) is 5.10. The molecule has 0 saturated carbocycles. The van der Waals surface area contributed by atoms with Gasteiger partial charge in [-0.25, -0.2) is 0 Å². The van der Waals surface area contributed by atoms with E-state index in [1.165, 1.54) is 16.0 Å². The molecule has 0 aliphatic heterocycles. The molecule has 0 saturated heterocycles. The van der Waals surface area contributed by atoms with Crippen molar-refractivity contribution in [2.75, 3.05) is 19.3 Å². The monoisotopic (exact) mass is 266 g/mol. The van der Waals surface area contributed by atoms with Gasteiger partial charge in [-0.1, -0.05) is 17.7 Å². The van der Waals surface area contributed by atoms with Crippen molar-refractivity contribution >= 4 is 17.7 Å². The number of nitrogens with one attached hydrogen (secondary N) is 2. The number of hydrogen-bond acceptors (Lipinski definition) is 3. The van der Waals surface area contributed by atoms with Gasteiger partial charge in [0.2, 0.25) is 5.91 Å². The molecule has 0 radical (unpaired) electrons. The molecule has 100 valence electrons. The third-order valence-corrected chi connectivity index (χ3v) is 3.96. The van der Waals surface area contributed by atoms with Gasteiger partial charge in [0.15, 0.2) is 0 Å². The van der Waals surface area contributed by atoms with Gasteiger partial charge >= 0.3 is 0 Å². The van der Waals surface area contributed by atoms with E-state index in [9.17, 15) is 4.79 Å². The van der Waals surface area contributed by atoms with E-state index < -0.39 is 0 Å². The molecule has 1 atom stereocenters. The molecule has 1 unspecified atom stereocenters. The zero-order valence-electron chi connectivity index (χ0n) is 11.5. The van der Waals surface area contributed by atoms with Crippen LogP contribution in [0.15, 0.2) is 23.1 Å². The highest BCUT2D eigenvalue weighted by atomic mass is 32.2. The van der Waals surface area contributed by atoms with Crippen LogP contribution in [0.25, 0.3) is 0 Å². The van der Waals surface area contributed by atoms with Gasteiger partial charge in [-0.3, -0.25) is 4.79 Å². The number of amides is 1. The summed E-state index contributed by atoms with van der Waals surface area (Å²) < 4.78 is 0. The summed E-state index contributed by atoms with van der Waals surface area (Å²) in [6, 6.07) is 6.61. The first-order valence-electron chi connectivity index (χ1n) is 6.17. The molecule has 0 spiro atoms. The molecule has 0 bridgehead atoms. The normalized spacial score (nSPS) is 12.2. The van der Waals surface area contributed by atoms with Crippen LogP contribution in [0, 0.1) is 13.8 Å². The summed E-state index contributed by atoms with van der Waals surface area (Å²) in [5, 5.41) is 6.00. The molecule has 3 nitrogen and oxygen atoms in total. The number of likely N-dealkylation sites (N-methyl/N-ethyl adjacent to an activating group) is 1. The van der Waals surface area contributed by atoms with E-state index in [0.717, 1.165) is 0 Å². The quantitative estimate of drug-likeness (QED) is 0.775. The lowest BCUT2D eigenvalue weighted by Crippen LogP contribution is -2.37. The van der Waals surface area contributed by atoms with Crippen molar-refractivity contribution in [3.8, 4) is 0 Å². The first kappa shape index (κ1) is 15.1. The molecule has 1 amide bonds. The predicted molar refractivity (Wildman–Crippen MR) is 78.2 cm³/mol. The lowest BCUT2D eigenvalue weighted by molar-refractivity contribution is -0.118. The van der Waals surface area contributed by atoms with Crippen molar-refractivity contribution in [3.05, 3.63) is 29.3 Å². The van der Waals surface area contributed by atoms with Crippen LogP contribution in [-0.4, -0.2) is 31.3 Å². The number of aryl methyl sites for hydroxylation is 2. The summed E-state index contributed by atoms with van der Waals surface area (Å²) >= 11 is 1.59. The standard InChI is InChI=1S/C14H22N2OS/c1-10-5-6-13(11(2)7-10)18-9-14(17)16-8-12(3)15-4/h5-7,12,15H,8-9H2,1-4H3,(H,16,17). The van der Waals surface area contributed by atoms with Crippen molar-refractivity contribution in [1.82, 2.24) is 10.6 Å². The Kier molecular flexibility index (Phi) is 6.22. The number of hydrogen-bond donors (Lipinski definition) is 2. The molecule has 0 heterocycles. The molecular weight excluding hydrogens is 244 g/mol. The Labute approximate surface area is 114 Å². The average molecular weight is 266 g/mol. The van der Waals surface area contributed by atoms with Gasteiger partial charge in [-0.05, 0) is 39.4 Å². The van der Waals surface area contributed by atoms with Gasteiger partial charge in [-0.15, -0.1) is 11.8 Å². The number of rotatable bonds is 6. The van der Waals surface area contributed by atoms with Crippen LogP contribution >= 0.6 is 11.8 Å². The van der Waals surface area contributed by atoms with E-state index in [1.54, 1.807) is 11.8 Å². The number of benzene rings is 1. The minimum absolute atomic E-state index is 0.0853. The summed E-state index contributed by atoms with van der Waals surface area (Å²) in [7, 11) is 1.89. The van der Waals surface area contributed by atoms with Crippen LogP contribution in [0.3, 0.4) is 0 Å². The Balaban J connectivity index is 2.38. The van der Waals surface area contributed by atoms with Crippen LogP contribution < -0.4 is 10.6 Å². The van der Waals surface area contributed by atoms with Gasteiger partial charge < -0.3 is 10.6 Å². The zero-order chi connectivity index (χ0) is 13.5. The Morgan fingerprint density at radius 2 is 2.11 bits per heavy atom. The molecule has 0 aliphatic rings. The second-order valence-electron chi connectivity index (χ2n) is 4.55. The highest BCUT2D eigenvalue weighted by Gasteiger charge is 2.06. The molecule has 4 heteroatoms. The Bertz CT molecular complexity index is 407. The molecular formula is C14H22N2OS. The second-order valence-corrected chi connectivity index (χ2v) is 5.57. The van der Waals surface area contributed by atoms with Crippen LogP contribution in [0.1, 0.15) is 18.1 Å². The maximum absolute atomic E-state index is 11.7. The summed E-state index contributed by atoms with van der Waals surface area (Å²) in [5.41, 5.74) is 2.49. The third-order valence-electron chi connectivity index (χ3n) is 2.79. The summed E-state index contributed by atoms with van der Waals surface area (Å²) in [6.45, 7) is 6.87. The van der Waals surface area contributed by atoms with Crippen molar-refractivity contribution < 1.29 is 4.79 Å². The van der Waals surface area contributed by atoms with Crippen LogP contribution in [-0.2, 0) is 4.79 Å². The van der Waals surface area contributed by atoms with Gasteiger partial charge in [-0.2, -0.15) is 0 Å². The number of carbonyl (C=O) groups excluding carboxylic acids is 1. The first-order valence-corrected chi connectivity index (χ1v) is 7.15. The number of carbonyl (C=O) groups is 1. The minimum atomic E-state index is 0.0853. The maximum atomic E-state index is 11.7. The van der Waals surface area contributed by atoms with Crippen LogP contribution in [0.2, 0.25) is 0 Å². The molecule has 1 aromatic carbocycles. The molecule has 1 aromatic rings. The van der Waals surface area contributed by atoms with E-state index in [-0.39, 0.29) is 5.91 Å². The van der Waals surface area contributed by atoms with E-state index in [0.29, 0.717) is 18.3 Å². The minimum Gasteiger partial charge on any atom is -0.354 e. The molecule has 2 N–H and O–H groups in total. The van der Waals surface area contributed by atoms with Crippen LogP contribution in [0.4, 0.5) is 0 Å². The number of thioether (sulfide) groups is 1. The average Bonchev–Trinajstić information content (AvgIpc) is 2.34. The van der Waals surface area contributed by atoms with Gasteiger partial charge in [0.25, 0.3) is 0 Å². The van der Waals surface area contributed by atoms with Crippen molar-refractivity contribution in [2.45, 2.75) is 31.7 Å². The molecule has 1 rings (SSSR count). The lowest BCUT2D eigenvalue weighted by Gasteiger charge is -2.11. The SMILES string of the molecule is CNC(C)CNC(=O)CSc1ccc(C)cc1C. The fourth-order valence-corrected chi connectivity index (χ4v) is 2.36. The highest BCUT2D eigenvalue weighted by Crippen LogP contribution is 2.22. The molecule has 0 aliphatic carbocycles. The van der Waals surface area contributed by atoms with Gasteiger partial charge in [0, 0.05) is 17.5 Å². The second kappa shape index (κ2) is 7.44. The molecule has 18 heavy (non-hydrogen) atoms. The Hall–Kier alpha value is -1.00. The van der Waals surface area contributed by atoms with E-state index >= 15 is 0 Å². The van der Waals surface area contributed by atoms with E-state index in [1.807, 2.05) is 14.0 Å². The first-order chi connectivity index (χ1) is 8.52. The summed E-state index contributed by atoms with van der Waals surface area (Å²) in [4.78, 5) is 12.8. The summed E-state index contributed by atoms with van der Waals surface area (Å²) in [6.07, 6.45) is 0. The fourth-order valence-electron chi connectivity index (χ4n) is 1.52. The highest BCUT2D eigenvalue weighted by molar-refractivity contribution is 8.00. The zero-order valence-corrected chi connectivity index (χ0v) is 12.4. The van der Waals surface area contributed by atoms with Crippen LogP contribution in [0.5, 0.6) is 0 Å². The largest absolute Gasteiger partial charge is 0.354 e. The molecule has 0 aromatic heterocycles. The fraction of sp³-hybridized carbons (Fsp3) is 0.500. The topological polar surface area (TPSA) is 41.1 Å². The van der Waals surface area contributed by atoms with E-state index in [4.69, 9.17) is 0 Å². The smallest absolute Gasteiger partial charge is 0.230 e. The van der Waals surface area contributed by atoms with Crippen molar-refractivity contribution in [1.29, 1.82) is 0 Å². The van der Waals surface area contributed by atoms with Gasteiger partial charge in [0.1, 0.15) is 0 Å². The van der Waals surface area contributed by atoms with Crippen molar-refractivity contribution in [3.63, 3.8) is 0 Å². The summed E-state index contributed by atoms with van der Waals surface area (Å²) in [5.74, 6) is 0.558. The predicted octanol–water partition coefficient (Wildman–Crippen LogP) is 2.12. The Morgan fingerprint density at radius 1 is 1.39 bits per heavy atom. The van der Waals surface area contributed by atoms with Gasteiger partial charge in [0.05, 0.1) is 5.75 Å².